The fourth-order valence-electron chi connectivity index (χ4n) is 4.78. The molecule has 0 bridgehead atoms. The minimum atomic E-state index is -0.686. The van der Waals surface area contributed by atoms with Crippen molar-refractivity contribution in [3.05, 3.63) is 47.7 Å². The van der Waals surface area contributed by atoms with Crippen molar-refractivity contribution in [2.24, 2.45) is 16.7 Å². The smallest absolute Gasteiger partial charge is 0.189 e. The van der Waals surface area contributed by atoms with Gasteiger partial charge in [-0.05, 0) is 47.9 Å². The van der Waals surface area contributed by atoms with Crippen LogP contribution >= 0.6 is 0 Å². The van der Waals surface area contributed by atoms with Crippen molar-refractivity contribution in [3.8, 4) is 5.75 Å². The molecule has 1 aromatic carbocycles. The SMILES string of the molecule is COc1ccc(Nc2cc(F)cc(F)c2)nc1C(=O)C1C(C)(C)C12CCC2. The highest BCUT2D eigenvalue weighted by atomic mass is 19.1. The molecule has 1 heterocycles. The average molecular weight is 372 g/mol. The second-order valence-electron chi connectivity index (χ2n) is 8.06. The highest BCUT2D eigenvalue weighted by Gasteiger charge is 2.75. The van der Waals surface area contributed by atoms with Gasteiger partial charge in [0.2, 0.25) is 0 Å². The summed E-state index contributed by atoms with van der Waals surface area (Å²) in [6.07, 6.45) is 3.29. The van der Waals surface area contributed by atoms with E-state index in [1.54, 1.807) is 12.1 Å². The Kier molecular flexibility index (Phi) is 3.98. The Bertz CT molecular complexity index is 902. The summed E-state index contributed by atoms with van der Waals surface area (Å²) in [5, 5.41) is 2.86. The lowest BCUT2D eigenvalue weighted by molar-refractivity contribution is 0.0916. The molecule has 6 heteroatoms. The zero-order valence-corrected chi connectivity index (χ0v) is 15.6. The van der Waals surface area contributed by atoms with Crippen LogP contribution in [-0.4, -0.2) is 17.9 Å². The van der Waals surface area contributed by atoms with Gasteiger partial charge in [0.1, 0.15) is 23.2 Å². The van der Waals surface area contributed by atoms with Crippen LogP contribution in [0.2, 0.25) is 0 Å². The van der Waals surface area contributed by atoms with Gasteiger partial charge in [-0.25, -0.2) is 13.8 Å². The molecule has 1 N–H and O–H groups in total. The lowest BCUT2D eigenvalue weighted by Gasteiger charge is -2.29. The van der Waals surface area contributed by atoms with Crippen LogP contribution in [0.15, 0.2) is 30.3 Å². The van der Waals surface area contributed by atoms with E-state index in [9.17, 15) is 13.6 Å². The first-order chi connectivity index (χ1) is 12.8. The molecule has 1 unspecified atom stereocenters. The molecule has 4 nitrogen and oxygen atoms in total. The van der Waals surface area contributed by atoms with E-state index in [0.29, 0.717) is 11.6 Å². The van der Waals surface area contributed by atoms with Crippen LogP contribution in [0.1, 0.15) is 43.6 Å². The van der Waals surface area contributed by atoms with Gasteiger partial charge in [0, 0.05) is 17.7 Å². The average Bonchev–Trinajstić information content (AvgIpc) is 3.10. The lowest BCUT2D eigenvalue weighted by atomic mass is 9.75. The number of carbonyl (C=O) groups excluding carboxylic acids is 1. The lowest BCUT2D eigenvalue weighted by Crippen LogP contribution is -2.21. The van der Waals surface area contributed by atoms with Crippen molar-refractivity contribution in [1.29, 1.82) is 0 Å². The largest absolute Gasteiger partial charge is 0.494 e. The van der Waals surface area contributed by atoms with E-state index in [2.05, 4.69) is 24.1 Å². The van der Waals surface area contributed by atoms with Crippen LogP contribution in [0.3, 0.4) is 0 Å². The third-order valence-corrected chi connectivity index (χ3v) is 6.43. The normalized spacial score (nSPS) is 21.4. The third-order valence-electron chi connectivity index (χ3n) is 6.43. The topological polar surface area (TPSA) is 51.2 Å². The predicted octanol–water partition coefficient (Wildman–Crippen LogP) is 5.12. The Balaban J connectivity index is 1.64. The summed E-state index contributed by atoms with van der Waals surface area (Å²) in [5.41, 5.74) is 0.544. The number of anilines is 2. The number of ether oxygens (including phenoxy) is 1. The number of hydrogen-bond donors (Lipinski definition) is 1. The summed E-state index contributed by atoms with van der Waals surface area (Å²) >= 11 is 0. The summed E-state index contributed by atoms with van der Waals surface area (Å²) < 4.78 is 32.2. The van der Waals surface area contributed by atoms with E-state index in [0.717, 1.165) is 25.3 Å². The first kappa shape index (κ1) is 17.9. The molecule has 0 saturated heterocycles. The molecule has 0 aliphatic heterocycles. The van der Waals surface area contributed by atoms with Gasteiger partial charge in [0.25, 0.3) is 0 Å². The molecule has 1 aromatic heterocycles. The molecule has 2 aliphatic carbocycles. The Morgan fingerprint density at radius 2 is 1.85 bits per heavy atom. The maximum Gasteiger partial charge on any atom is 0.189 e. The number of methoxy groups -OCH3 is 1. The van der Waals surface area contributed by atoms with Crippen molar-refractivity contribution in [1.82, 2.24) is 4.98 Å². The van der Waals surface area contributed by atoms with E-state index in [-0.39, 0.29) is 33.9 Å². The molecule has 2 fully saturated rings. The molecule has 142 valence electrons. The van der Waals surface area contributed by atoms with E-state index in [1.165, 1.54) is 19.2 Å². The third kappa shape index (κ3) is 2.69. The number of Topliss-reactive ketones (excluding diaryl/α,β-unsaturated/α-hetero) is 1. The Labute approximate surface area is 157 Å². The molecule has 2 aromatic rings. The number of benzene rings is 1. The van der Waals surface area contributed by atoms with Gasteiger partial charge in [-0.3, -0.25) is 4.79 Å². The van der Waals surface area contributed by atoms with Gasteiger partial charge in [-0.15, -0.1) is 0 Å². The first-order valence-corrected chi connectivity index (χ1v) is 9.11. The standard InChI is InChI=1S/C21H22F2N2O2/c1-20(2)19(21(20)7-4-8-21)18(26)17-15(27-3)5-6-16(25-17)24-14-10-12(22)9-13(23)11-14/h5-6,9-11,19H,4,7-8H2,1-3H3,(H,24,25). The van der Waals surface area contributed by atoms with Crippen LogP contribution < -0.4 is 10.1 Å². The molecular weight excluding hydrogens is 350 g/mol. The fourth-order valence-corrected chi connectivity index (χ4v) is 4.78. The van der Waals surface area contributed by atoms with Crippen LogP contribution in [0, 0.1) is 28.4 Å². The van der Waals surface area contributed by atoms with Gasteiger partial charge in [-0.2, -0.15) is 0 Å². The summed E-state index contributed by atoms with van der Waals surface area (Å²) in [7, 11) is 1.50. The Hall–Kier alpha value is -2.50. The minimum absolute atomic E-state index is 0.0226. The molecule has 4 rings (SSSR count). The van der Waals surface area contributed by atoms with Crippen molar-refractivity contribution in [3.63, 3.8) is 0 Å². The van der Waals surface area contributed by atoms with E-state index in [1.807, 2.05) is 0 Å². The van der Waals surface area contributed by atoms with Crippen molar-refractivity contribution in [2.45, 2.75) is 33.1 Å². The Morgan fingerprint density at radius 3 is 2.37 bits per heavy atom. The highest BCUT2D eigenvalue weighted by Crippen LogP contribution is 2.78. The van der Waals surface area contributed by atoms with E-state index >= 15 is 0 Å². The number of rotatable bonds is 5. The second-order valence-corrected chi connectivity index (χ2v) is 8.06. The van der Waals surface area contributed by atoms with Crippen LogP contribution in [0.4, 0.5) is 20.3 Å². The maximum absolute atomic E-state index is 13.4. The fraction of sp³-hybridized carbons (Fsp3) is 0.429. The van der Waals surface area contributed by atoms with E-state index in [4.69, 9.17) is 4.74 Å². The maximum atomic E-state index is 13.4. The number of hydrogen-bond acceptors (Lipinski definition) is 4. The molecule has 27 heavy (non-hydrogen) atoms. The summed E-state index contributed by atoms with van der Waals surface area (Å²) in [5.74, 6) is -0.714. The van der Waals surface area contributed by atoms with Crippen LogP contribution in [0.25, 0.3) is 0 Å². The monoisotopic (exact) mass is 372 g/mol. The molecule has 1 spiro atoms. The van der Waals surface area contributed by atoms with Crippen molar-refractivity contribution in [2.75, 3.05) is 12.4 Å². The number of ketones is 1. The van der Waals surface area contributed by atoms with Crippen LogP contribution in [-0.2, 0) is 0 Å². The number of carbonyl (C=O) groups is 1. The number of nitrogens with zero attached hydrogens (tertiary/aromatic N) is 1. The van der Waals surface area contributed by atoms with Gasteiger partial charge in [0.05, 0.1) is 7.11 Å². The van der Waals surface area contributed by atoms with Gasteiger partial charge in [0.15, 0.2) is 11.5 Å². The summed E-state index contributed by atoms with van der Waals surface area (Å²) in [6, 6.07) is 6.42. The van der Waals surface area contributed by atoms with Gasteiger partial charge < -0.3 is 10.1 Å². The molecular formula is C21H22F2N2O2. The van der Waals surface area contributed by atoms with E-state index < -0.39 is 11.6 Å². The van der Waals surface area contributed by atoms with Gasteiger partial charge in [-0.1, -0.05) is 20.3 Å². The molecule has 0 amide bonds. The molecule has 2 aliphatic rings. The minimum Gasteiger partial charge on any atom is -0.494 e. The molecule has 2 saturated carbocycles. The number of halogens is 2. The number of pyridine rings is 1. The molecule has 1 atom stereocenters. The number of aromatic nitrogens is 1. The summed E-state index contributed by atoms with van der Waals surface area (Å²) in [6.45, 7) is 4.28. The van der Waals surface area contributed by atoms with Crippen molar-refractivity contribution < 1.29 is 18.3 Å². The first-order valence-electron chi connectivity index (χ1n) is 9.11. The van der Waals surface area contributed by atoms with Crippen LogP contribution in [0.5, 0.6) is 5.75 Å². The zero-order valence-electron chi connectivity index (χ0n) is 15.6. The zero-order chi connectivity index (χ0) is 19.4. The van der Waals surface area contributed by atoms with Gasteiger partial charge >= 0.3 is 0 Å². The summed E-state index contributed by atoms with van der Waals surface area (Å²) in [4.78, 5) is 17.7. The predicted molar refractivity (Wildman–Crippen MR) is 98.3 cm³/mol. The number of nitrogens with one attached hydrogen (secondary N) is 1. The molecule has 0 radical (unpaired) electrons. The second kappa shape index (κ2) is 6.01. The highest BCUT2D eigenvalue weighted by molar-refractivity contribution is 6.02. The quantitative estimate of drug-likeness (QED) is 0.740. The van der Waals surface area contributed by atoms with Crippen molar-refractivity contribution >= 4 is 17.3 Å². The Morgan fingerprint density at radius 1 is 1.19 bits per heavy atom.